The molecule has 0 aliphatic carbocycles. The third-order valence-electron chi connectivity index (χ3n) is 3.36. The van der Waals surface area contributed by atoms with Crippen molar-refractivity contribution in [3.63, 3.8) is 0 Å². The number of nitrogens with one attached hydrogen (secondary N) is 1. The smallest absolute Gasteiger partial charge is 0.341 e. The Labute approximate surface area is 130 Å². The molecule has 126 valence electrons. The van der Waals surface area contributed by atoms with Gasteiger partial charge in [-0.25, -0.2) is 8.42 Å². The Morgan fingerprint density at radius 1 is 1.30 bits per heavy atom. The van der Waals surface area contributed by atoms with Gasteiger partial charge in [0.2, 0.25) is 15.7 Å². The van der Waals surface area contributed by atoms with E-state index in [1.165, 1.54) is 4.90 Å². The van der Waals surface area contributed by atoms with Crippen LogP contribution in [0.5, 0.6) is 0 Å². The summed E-state index contributed by atoms with van der Waals surface area (Å²) in [5, 5.41) is 13.8. The lowest BCUT2D eigenvalue weighted by Crippen LogP contribution is -2.29. The molecular weight excluding hydrogens is 336 g/mol. The third-order valence-corrected chi connectivity index (χ3v) is 4.74. The molecule has 8 nitrogen and oxygen atoms in total. The molecule has 11 heteroatoms. The van der Waals surface area contributed by atoms with Gasteiger partial charge in [-0.1, -0.05) is 0 Å². The fourth-order valence-electron chi connectivity index (χ4n) is 2.20. The quantitative estimate of drug-likeness (QED) is 0.639. The van der Waals surface area contributed by atoms with E-state index in [9.17, 15) is 32.1 Å². The molecule has 0 radical (unpaired) electrons. The molecule has 1 aliphatic rings. The number of halogens is 2. The maximum Gasteiger partial charge on any atom is 0.341 e. The monoisotopic (exact) mass is 349 g/mol. The molecule has 0 bridgehead atoms. The second kappa shape index (κ2) is 6.44. The molecule has 23 heavy (non-hydrogen) atoms. The Bertz CT molecular complexity index is 738. The highest BCUT2D eigenvalue weighted by atomic mass is 32.2. The Morgan fingerprint density at radius 2 is 2.00 bits per heavy atom. The molecule has 0 spiro atoms. The minimum Gasteiger partial charge on any atom is -0.364 e. The standard InChI is InChI=1S/C12H13F2N3O5S/c13-12(14)23(21,22)8-1-2-9(10(7-8)17(19)20)16-5-3-11(18)15-4-6-16/h1-2,7,12H,3-6H2,(H,15,18). The molecule has 0 aromatic heterocycles. The number of carbonyl (C=O) groups excluding carboxylic acids is 1. The van der Waals surface area contributed by atoms with E-state index in [0.717, 1.165) is 12.1 Å². The summed E-state index contributed by atoms with van der Waals surface area (Å²) in [5.74, 6) is -3.86. The second-order valence-corrected chi connectivity index (χ2v) is 6.72. The lowest BCUT2D eigenvalue weighted by atomic mass is 10.2. The van der Waals surface area contributed by atoms with Crippen LogP contribution in [0.2, 0.25) is 0 Å². The number of nitro benzene ring substituents is 1. The van der Waals surface area contributed by atoms with Crippen molar-refractivity contribution in [2.24, 2.45) is 0 Å². The fraction of sp³-hybridized carbons (Fsp3) is 0.417. The molecule has 1 amide bonds. The van der Waals surface area contributed by atoms with Crippen LogP contribution in [0.4, 0.5) is 20.2 Å². The second-order valence-electron chi connectivity index (χ2n) is 4.80. The first-order valence-electron chi connectivity index (χ1n) is 6.55. The van der Waals surface area contributed by atoms with Crippen LogP contribution in [0.15, 0.2) is 23.1 Å². The van der Waals surface area contributed by atoms with E-state index in [1.807, 2.05) is 0 Å². The van der Waals surface area contributed by atoms with Gasteiger partial charge in [0.25, 0.3) is 5.69 Å². The van der Waals surface area contributed by atoms with E-state index in [-0.39, 0.29) is 37.6 Å². The summed E-state index contributed by atoms with van der Waals surface area (Å²) in [4.78, 5) is 22.4. The Morgan fingerprint density at radius 3 is 2.61 bits per heavy atom. The molecule has 1 saturated heterocycles. The van der Waals surface area contributed by atoms with Gasteiger partial charge < -0.3 is 10.2 Å². The number of rotatable bonds is 4. The molecular formula is C12H13F2N3O5S. The summed E-state index contributed by atoms with van der Waals surface area (Å²) < 4.78 is 48.0. The van der Waals surface area contributed by atoms with E-state index in [2.05, 4.69) is 5.32 Å². The van der Waals surface area contributed by atoms with Gasteiger partial charge in [0.05, 0.1) is 9.82 Å². The number of nitro groups is 1. The molecule has 1 aromatic carbocycles. The average molecular weight is 349 g/mol. The Hall–Kier alpha value is -2.30. The van der Waals surface area contributed by atoms with E-state index < -0.39 is 31.1 Å². The first kappa shape index (κ1) is 17.1. The molecule has 0 unspecified atom stereocenters. The molecule has 1 heterocycles. The SMILES string of the molecule is O=C1CCN(c2ccc(S(=O)(=O)C(F)F)cc2[N+](=O)[O-])CCN1. The van der Waals surface area contributed by atoms with Gasteiger partial charge >= 0.3 is 5.76 Å². The molecule has 1 aliphatic heterocycles. The first-order valence-corrected chi connectivity index (χ1v) is 8.10. The summed E-state index contributed by atoms with van der Waals surface area (Å²) in [6.45, 7) is 0.758. The van der Waals surface area contributed by atoms with Crippen LogP contribution in [0.3, 0.4) is 0 Å². The van der Waals surface area contributed by atoms with Gasteiger partial charge in [0.1, 0.15) is 5.69 Å². The molecule has 0 atom stereocenters. The van der Waals surface area contributed by atoms with Crippen LogP contribution >= 0.6 is 0 Å². The maximum absolute atomic E-state index is 12.6. The van der Waals surface area contributed by atoms with Gasteiger partial charge in [0, 0.05) is 32.1 Å². The number of nitrogens with zero attached hydrogens (tertiary/aromatic N) is 2. The predicted molar refractivity (Wildman–Crippen MR) is 76.1 cm³/mol. The summed E-state index contributed by atoms with van der Waals surface area (Å²) in [6.07, 6.45) is 0.119. The number of alkyl halides is 2. The van der Waals surface area contributed by atoms with Crippen molar-refractivity contribution in [1.29, 1.82) is 0 Å². The zero-order chi connectivity index (χ0) is 17.2. The van der Waals surface area contributed by atoms with Gasteiger partial charge in [-0.2, -0.15) is 8.78 Å². The van der Waals surface area contributed by atoms with Gasteiger partial charge in [-0.05, 0) is 12.1 Å². The molecule has 2 rings (SSSR count). The normalized spacial score (nSPS) is 16.1. The zero-order valence-electron chi connectivity index (χ0n) is 11.7. The average Bonchev–Trinajstić information content (AvgIpc) is 2.71. The number of carbonyl (C=O) groups is 1. The molecule has 1 N–H and O–H groups in total. The fourth-order valence-corrected chi connectivity index (χ4v) is 2.94. The highest BCUT2D eigenvalue weighted by Gasteiger charge is 2.30. The number of benzene rings is 1. The van der Waals surface area contributed by atoms with Gasteiger partial charge in [-0.3, -0.25) is 14.9 Å². The number of amides is 1. The summed E-state index contributed by atoms with van der Waals surface area (Å²) in [7, 11) is -4.92. The number of hydrogen-bond donors (Lipinski definition) is 1. The van der Waals surface area contributed by atoms with Crippen molar-refractivity contribution in [1.82, 2.24) is 5.32 Å². The Balaban J connectivity index is 2.45. The molecule has 1 aromatic rings. The van der Waals surface area contributed by atoms with Crippen LogP contribution in [0.1, 0.15) is 6.42 Å². The minimum absolute atomic E-state index is 0.0831. The number of sulfone groups is 1. The van der Waals surface area contributed by atoms with Crippen molar-refractivity contribution in [2.75, 3.05) is 24.5 Å². The van der Waals surface area contributed by atoms with Crippen LogP contribution in [-0.2, 0) is 14.6 Å². The summed E-state index contributed by atoms with van der Waals surface area (Å²) in [6, 6.07) is 2.64. The van der Waals surface area contributed by atoms with Crippen molar-refractivity contribution in [3.05, 3.63) is 28.3 Å². The maximum atomic E-state index is 12.6. The summed E-state index contributed by atoms with van der Waals surface area (Å²) >= 11 is 0. The van der Waals surface area contributed by atoms with Crippen molar-refractivity contribution in [3.8, 4) is 0 Å². The topological polar surface area (TPSA) is 110 Å². The minimum atomic E-state index is -4.92. The molecule has 0 saturated carbocycles. The zero-order valence-corrected chi connectivity index (χ0v) is 12.6. The van der Waals surface area contributed by atoms with Gasteiger partial charge in [0.15, 0.2) is 0 Å². The van der Waals surface area contributed by atoms with Crippen molar-refractivity contribution >= 4 is 27.1 Å². The van der Waals surface area contributed by atoms with E-state index >= 15 is 0 Å². The van der Waals surface area contributed by atoms with Crippen LogP contribution in [0, 0.1) is 10.1 Å². The Kier molecular flexibility index (Phi) is 4.78. The highest BCUT2D eigenvalue weighted by molar-refractivity contribution is 7.91. The van der Waals surface area contributed by atoms with Crippen LogP contribution in [-0.4, -0.2) is 44.6 Å². The van der Waals surface area contributed by atoms with E-state index in [4.69, 9.17) is 0 Å². The summed E-state index contributed by atoms with van der Waals surface area (Å²) in [5.41, 5.74) is -0.513. The van der Waals surface area contributed by atoms with Crippen molar-refractivity contribution < 1.29 is 26.9 Å². The predicted octanol–water partition coefficient (Wildman–Crippen LogP) is 0.917. The third kappa shape index (κ3) is 3.55. The number of hydrogen-bond acceptors (Lipinski definition) is 6. The van der Waals surface area contributed by atoms with Crippen molar-refractivity contribution in [2.45, 2.75) is 17.1 Å². The van der Waals surface area contributed by atoms with Gasteiger partial charge in [-0.15, -0.1) is 0 Å². The lowest BCUT2D eigenvalue weighted by molar-refractivity contribution is -0.384. The van der Waals surface area contributed by atoms with Crippen LogP contribution < -0.4 is 10.2 Å². The first-order chi connectivity index (χ1) is 10.7. The number of anilines is 1. The highest BCUT2D eigenvalue weighted by Crippen LogP contribution is 2.32. The largest absolute Gasteiger partial charge is 0.364 e. The van der Waals surface area contributed by atoms with Crippen LogP contribution in [0.25, 0.3) is 0 Å². The lowest BCUT2D eigenvalue weighted by Gasteiger charge is -2.21. The van der Waals surface area contributed by atoms with E-state index in [1.54, 1.807) is 0 Å². The van der Waals surface area contributed by atoms with E-state index in [0.29, 0.717) is 6.07 Å². The molecule has 1 fully saturated rings.